The van der Waals surface area contributed by atoms with Crippen molar-refractivity contribution in [2.75, 3.05) is 19.4 Å². The van der Waals surface area contributed by atoms with Gasteiger partial charge in [0.25, 0.3) is 0 Å². The summed E-state index contributed by atoms with van der Waals surface area (Å²) in [5.74, 6) is 1.02. The lowest BCUT2D eigenvalue weighted by atomic mass is 10.00. The van der Waals surface area contributed by atoms with Crippen molar-refractivity contribution in [1.82, 2.24) is 5.32 Å². The maximum Gasteiger partial charge on any atom is 0.124 e. The number of rotatable bonds is 4. The fourth-order valence-corrected chi connectivity index (χ4v) is 2.62. The van der Waals surface area contributed by atoms with Crippen LogP contribution in [0, 0.1) is 0 Å². The third-order valence-corrected chi connectivity index (χ3v) is 5.08. The molecule has 0 amide bonds. The third-order valence-electron chi connectivity index (χ3n) is 3.34. The molecule has 0 saturated heterocycles. The molecule has 1 aliphatic rings. The van der Waals surface area contributed by atoms with E-state index in [2.05, 4.69) is 47.4 Å². The minimum absolute atomic E-state index is 0.268. The van der Waals surface area contributed by atoms with Gasteiger partial charge in [0.1, 0.15) is 5.75 Å². The summed E-state index contributed by atoms with van der Waals surface area (Å²) in [6, 6.07) is 6.65. The van der Waals surface area contributed by atoms with Gasteiger partial charge in [0, 0.05) is 33.8 Å². The van der Waals surface area contributed by atoms with Gasteiger partial charge < -0.3 is 10.1 Å². The average molecular weight is 330 g/mol. The molecule has 1 atom stereocenters. The normalized spacial score (nSPS) is 19.2. The molecule has 0 bridgehead atoms. The maximum absolute atomic E-state index is 5.70. The molecule has 1 aromatic rings. The Morgan fingerprint density at radius 3 is 3.00 bits per heavy atom. The summed E-state index contributed by atoms with van der Waals surface area (Å²) in [5.41, 5.74) is 1.27. The molecule has 0 saturated carbocycles. The predicted octanol–water partition coefficient (Wildman–Crippen LogP) is 4.00. The molecular formula is C14H20BrNOS. The van der Waals surface area contributed by atoms with Crippen LogP contribution in [0.1, 0.15) is 31.9 Å². The number of hydrogen-bond donors (Lipinski definition) is 1. The number of ether oxygens (including phenoxy) is 1. The van der Waals surface area contributed by atoms with Crippen molar-refractivity contribution in [2.24, 2.45) is 0 Å². The van der Waals surface area contributed by atoms with Crippen LogP contribution in [0.5, 0.6) is 5.75 Å². The van der Waals surface area contributed by atoms with Crippen LogP contribution in [-0.2, 0) is 0 Å². The second-order valence-corrected chi connectivity index (χ2v) is 7.65. The Balaban J connectivity index is 2.10. The molecule has 4 heteroatoms. The molecule has 1 aromatic carbocycles. The van der Waals surface area contributed by atoms with E-state index >= 15 is 0 Å². The lowest BCUT2D eigenvalue weighted by Crippen LogP contribution is -2.36. The van der Waals surface area contributed by atoms with Gasteiger partial charge in [-0.3, -0.25) is 0 Å². The van der Waals surface area contributed by atoms with Crippen LogP contribution in [-0.4, -0.2) is 24.2 Å². The van der Waals surface area contributed by atoms with E-state index in [9.17, 15) is 0 Å². The summed E-state index contributed by atoms with van der Waals surface area (Å²) in [5, 5.41) is 3.67. The first-order valence-corrected chi connectivity index (χ1v) is 8.24. The first-order chi connectivity index (χ1) is 8.52. The van der Waals surface area contributed by atoms with Crippen molar-refractivity contribution in [3.63, 3.8) is 0 Å². The lowest BCUT2D eigenvalue weighted by Gasteiger charge is -2.30. The van der Waals surface area contributed by atoms with E-state index in [4.69, 9.17) is 4.74 Å². The molecule has 0 fully saturated rings. The monoisotopic (exact) mass is 329 g/mol. The molecule has 0 spiro atoms. The molecule has 2 rings (SSSR count). The Morgan fingerprint density at radius 2 is 2.28 bits per heavy atom. The van der Waals surface area contributed by atoms with Gasteiger partial charge >= 0.3 is 0 Å². The molecule has 100 valence electrons. The van der Waals surface area contributed by atoms with E-state index in [1.54, 1.807) is 0 Å². The van der Waals surface area contributed by atoms with Crippen LogP contribution in [0.25, 0.3) is 0 Å². The Labute approximate surface area is 122 Å². The zero-order valence-corrected chi connectivity index (χ0v) is 13.5. The summed E-state index contributed by atoms with van der Waals surface area (Å²) < 4.78 is 7.08. The minimum Gasteiger partial charge on any atom is -0.493 e. The van der Waals surface area contributed by atoms with Gasteiger partial charge in [0.15, 0.2) is 0 Å². The largest absolute Gasteiger partial charge is 0.493 e. The van der Waals surface area contributed by atoms with E-state index < -0.39 is 0 Å². The van der Waals surface area contributed by atoms with Crippen LogP contribution in [0.3, 0.4) is 0 Å². The zero-order chi connectivity index (χ0) is 13.2. The van der Waals surface area contributed by atoms with Gasteiger partial charge in [0.2, 0.25) is 0 Å². The van der Waals surface area contributed by atoms with Gasteiger partial charge in [-0.25, -0.2) is 0 Å². The van der Waals surface area contributed by atoms with E-state index in [1.165, 1.54) is 5.56 Å². The van der Waals surface area contributed by atoms with Crippen molar-refractivity contribution >= 4 is 27.7 Å². The van der Waals surface area contributed by atoms with Crippen molar-refractivity contribution in [1.29, 1.82) is 0 Å². The van der Waals surface area contributed by atoms with E-state index in [-0.39, 0.29) is 4.75 Å². The van der Waals surface area contributed by atoms with Crippen LogP contribution >= 0.6 is 27.7 Å². The number of halogens is 1. The SMILES string of the molecule is CSC(C)(C)CNC1CCOc2ccc(Br)cc21. The molecule has 0 aliphatic carbocycles. The van der Waals surface area contributed by atoms with Crippen LogP contribution in [0.15, 0.2) is 22.7 Å². The van der Waals surface area contributed by atoms with Crippen LogP contribution < -0.4 is 10.1 Å². The molecule has 1 N–H and O–H groups in total. The number of hydrogen-bond acceptors (Lipinski definition) is 3. The summed E-state index contributed by atoms with van der Waals surface area (Å²) in [4.78, 5) is 0. The second kappa shape index (κ2) is 5.85. The third kappa shape index (κ3) is 3.43. The van der Waals surface area contributed by atoms with E-state index in [0.29, 0.717) is 6.04 Å². The highest BCUT2D eigenvalue weighted by Crippen LogP contribution is 2.34. The molecule has 0 radical (unpaired) electrons. The minimum atomic E-state index is 0.268. The van der Waals surface area contributed by atoms with Crippen LogP contribution in [0.4, 0.5) is 0 Å². The number of thioether (sulfide) groups is 1. The van der Waals surface area contributed by atoms with Crippen molar-refractivity contribution < 1.29 is 4.74 Å². The van der Waals surface area contributed by atoms with Gasteiger partial charge in [-0.15, -0.1) is 0 Å². The first kappa shape index (κ1) is 14.2. The molecule has 2 nitrogen and oxygen atoms in total. The first-order valence-electron chi connectivity index (χ1n) is 6.22. The Hall–Kier alpha value is -0.190. The fourth-order valence-electron chi connectivity index (χ4n) is 2.02. The van der Waals surface area contributed by atoms with Crippen LogP contribution in [0.2, 0.25) is 0 Å². The highest BCUT2D eigenvalue weighted by molar-refractivity contribution is 9.10. The average Bonchev–Trinajstić information content (AvgIpc) is 2.36. The van der Waals surface area contributed by atoms with Gasteiger partial charge in [-0.05, 0) is 38.3 Å². The highest BCUT2D eigenvalue weighted by atomic mass is 79.9. The van der Waals surface area contributed by atoms with Gasteiger partial charge in [-0.1, -0.05) is 15.9 Å². The maximum atomic E-state index is 5.70. The van der Waals surface area contributed by atoms with Gasteiger partial charge in [-0.2, -0.15) is 11.8 Å². The Kier molecular flexibility index (Phi) is 4.62. The number of benzene rings is 1. The molecule has 0 aromatic heterocycles. The van der Waals surface area contributed by atoms with Crippen molar-refractivity contribution in [3.05, 3.63) is 28.2 Å². The number of fused-ring (bicyclic) bond motifs is 1. The number of nitrogens with one attached hydrogen (secondary N) is 1. The lowest BCUT2D eigenvalue weighted by molar-refractivity contribution is 0.251. The Morgan fingerprint density at radius 1 is 1.50 bits per heavy atom. The molecule has 1 aliphatic heterocycles. The predicted molar refractivity (Wildman–Crippen MR) is 82.6 cm³/mol. The molecule has 1 unspecified atom stereocenters. The zero-order valence-electron chi connectivity index (χ0n) is 11.1. The topological polar surface area (TPSA) is 21.3 Å². The summed E-state index contributed by atoms with van der Waals surface area (Å²) in [6.45, 7) is 6.34. The smallest absolute Gasteiger partial charge is 0.124 e. The molecule has 1 heterocycles. The molecular weight excluding hydrogens is 310 g/mol. The van der Waals surface area contributed by atoms with E-state index in [1.807, 2.05) is 23.9 Å². The van der Waals surface area contributed by atoms with Gasteiger partial charge in [0.05, 0.1) is 6.61 Å². The van der Waals surface area contributed by atoms with E-state index in [0.717, 1.165) is 29.8 Å². The molecule has 18 heavy (non-hydrogen) atoms. The van der Waals surface area contributed by atoms with Crippen molar-refractivity contribution in [3.8, 4) is 5.75 Å². The fraction of sp³-hybridized carbons (Fsp3) is 0.571. The summed E-state index contributed by atoms with van der Waals surface area (Å²) >= 11 is 5.43. The van der Waals surface area contributed by atoms with Crippen molar-refractivity contribution in [2.45, 2.75) is 31.1 Å². The quantitative estimate of drug-likeness (QED) is 0.901. The Bertz CT molecular complexity index is 422. The summed E-state index contributed by atoms with van der Waals surface area (Å²) in [6.07, 6.45) is 3.20. The highest BCUT2D eigenvalue weighted by Gasteiger charge is 2.24. The summed E-state index contributed by atoms with van der Waals surface area (Å²) in [7, 11) is 0. The second-order valence-electron chi connectivity index (χ2n) is 5.22. The standard InChI is InChI=1S/C14H20BrNOS/c1-14(2,18-3)9-16-12-6-7-17-13-5-4-10(15)8-11(12)13/h4-5,8,12,16H,6-7,9H2,1-3H3.